The number of carbonyl (C=O) groups is 1. The fourth-order valence-electron chi connectivity index (χ4n) is 4.04. The predicted molar refractivity (Wildman–Crippen MR) is 129 cm³/mol. The van der Waals surface area contributed by atoms with Crippen molar-refractivity contribution >= 4 is 45.1 Å². The lowest BCUT2D eigenvalue weighted by Crippen LogP contribution is -2.32. The number of fused-ring (bicyclic) bond motifs is 2. The highest BCUT2D eigenvalue weighted by Gasteiger charge is 2.34. The van der Waals surface area contributed by atoms with Crippen LogP contribution in [-0.4, -0.2) is 20.5 Å². The number of carbonyl (C=O) groups excluding carboxylic acids is 1. The van der Waals surface area contributed by atoms with Gasteiger partial charge in [0, 0.05) is 16.1 Å². The first-order valence-corrected chi connectivity index (χ1v) is 11.5. The van der Waals surface area contributed by atoms with E-state index in [9.17, 15) is 14.0 Å². The first kappa shape index (κ1) is 20.7. The van der Waals surface area contributed by atoms with Crippen LogP contribution in [0.4, 0.5) is 10.1 Å². The lowest BCUT2D eigenvalue weighted by Gasteiger charge is -2.17. The van der Waals surface area contributed by atoms with Crippen LogP contribution in [-0.2, 0) is 11.3 Å². The van der Waals surface area contributed by atoms with E-state index in [1.54, 1.807) is 29.2 Å². The molecule has 0 fully saturated rings. The van der Waals surface area contributed by atoms with Crippen molar-refractivity contribution < 1.29 is 9.18 Å². The first-order chi connectivity index (χ1) is 16.5. The lowest BCUT2D eigenvalue weighted by atomic mass is 10.1. The van der Waals surface area contributed by atoms with Crippen molar-refractivity contribution in [2.75, 3.05) is 4.90 Å². The molecule has 6 nitrogen and oxygen atoms in total. The number of amides is 1. The van der Waals surface area contributed by atoms with Crippen molar-refractivity contribution in [1.82, 2.24) is 14.6 Å². The van der Waals surface area contributed by atoms with E-state index in [0.29, 0.717) is 39.1 Å². The maximum Gasteiger partial charge on any atom is 0.291 e. The Balaban J connectivity index is 1.48. The van der Waals surface area contributed by atoms with Crippen molar-refractivity contribution in [1.29, 1.82) is 0 Å². The molecule has 0 unspecified atom stereocenters. The van der Waals surface area contributed by atoms with Crippen LogP contribution in [0.5, 0.6) is 0 Å². The van der Waals surface area contributed by atoms with Crippen molar-refractivity contribution in [3.8, 4) is 11.4 Å². The van der Waals surface area contributed by atoms with Gasteiger partial charge in [0.05, 0.1) is 17.8 Å². The van der Waals surface area contributed by atoms with E-state index in [-0.39, 0.29) is 16.3 Å². The standard InChI is InChI=1S/C25H14ClFN4O2S/c26-16-9-5-14(6-10-16)13-30-19-4-2-1-3-18(19)20(23(30)32)21-24(33)31-25(34-21)28-22(29-31)15-7-11-17(27)12-8-15/h1-12H,13H2/b21-20-. The SMILES string of the molecule is O=C1/C(=c2\sc3nc(-c4ccc(F)cc4)nn3c2=O)c2ccccc2N1Cc1ccc(Cl)cc1. The Morgan fingerprint density at radius 3 is 2.41 bits per heavy atom. The maximum atomic E-state index is 13.6. The number of nitrogens with zero attached hydrogens (tertiary/aromatic N) is 4. The van der Waals surface area contributed by atoms with Crippen molar-refractivity contribution in [2.45, 2.75) is 6.54 Å². The lowest BCUT2D eigenvalue weighted by molar-refractivity contribution is -0.113. The summed E-state index contributed by atoms with van der Waals surface area (Å²) in [7, 11) is 0. The average molecular weight is 489 g/mol. The minimum absolute atomic E-state index is 0.253. The van der Waals surface area contributed by atoms with Gasteiger partial charge in [-0.1, -0.05) is 53.3 Å². The number of para-hydroxylation sites is 1. The van der Waals surface area contributed by atoms with Gasteiger partial charge in [-0.15, -0.1) is 5.10 Å². The molecule has 0 saturated heterocycles. The highest BCUT2D eigenvalue weighted by Crippen LogP contribution is 2.36. The number of benzene rings is 3. The van der Waals surface area contributed by atoms with Crippen LogP contribution in [0.2, 0.25) is 5.02 Å². The minimum Gasteiger partial charge on any atom is -0.303 e. The smallest absolute Gasteiger partial charge is 0.291 e. The molecule has 0 radical (unpaired) electrons. The molecule has 0 spiro atoms. The van der Waals surface area contributed by atoms with Gasteiger partial charge in [-0.3, -0.25) is 9.59 Å². The summed E-state index contributed by atoms with van der Waals surface area (Å²) in [4.78, 5) is 33.3. The van der Waals surface area contributed by atoms with E-state index >= 15 is 0 Å². The van der Waals surface area contributed by atoms with Gasteiger partial charge in [-0.05, 0) is 48.0 Å². The van der Waals surface area contributed by atoms with Gasteiger partial charge in [0.25, 0.3) is 11.5 Å². The van der Waals surface area contributed by atoms with Gasteiger partial charge in [0.2, 0.25) is 4.96 Å². The van der Waals surface area contributed by atoms with Crippen molar-refractivity contribution in [3.63, 3.8) is 0 Å². The van der Waals surface area contributed by atoms with E-state index in [1.165, 1.54) is 16.6 Å². The van der Waals surface area contributed by atoms with Gasteiger partial charge in [0.1, 0.15) is 10.3 Å². The van der Waals surface area contributed by atoms with E-state index in [4.69, 9.17) is 11.6 Å². The monoisotopic (exact) mass is 488 g/mol. The molecule has 5 aromatic rings. The van der Waals surface area contributed by atoms with Gasteiger partial charge < -0.3 is 4.90 Å². The second-order valence-electron chi connectivity index (χ2n) is 7.78. The molecule has 0 bridgehead atoms. The van der Waals surface area contributed by atoms with E-state index in [2.05, 4.69) is 10.1 Å². The van der Waals surface area contributed by atoms with Crippen LogP contribution >= 0.6 is 22.9 Å². The van der Waals surface area contributed by atoms with Gasteiger partial charge in [0.15, 0.2) is 5.82 Å². The first-order valence-electron chi connectivity index (χ1n) is 10.3. The summed E-state index contributed by atoms with van der Waals surface area (Å²) in [5.41, 5.74) is 2.89. The van der Waals surface area contributed by atoms with Gasteiger partial charge in [-0.25, -0.2) is 4.39 Å². The third-order valence-electron chi connectivity index (χ3n) is 5.66. The minimum atomic E-state index is -0.410. The summed E-state index contributed by atoms with van der Waals surface area (Å²) in [6.07, 6.45) is 0. The van der Waals surface area contributed by atoms with Gasteiger partial charge >= 0.3 is 0 Å². The highest BCUT2D eigenvalue weighted by atomic mass is 35.5. The Morgan fingerprint density at radius 2 is 1.68 bits per heavy atom. The molecular weight excluding hydrogens is 475 g/mol. The van der Waals surface area contributed by atoms with Gasteiger partial charge in [-0.2, -0.15) is 9.50 Å². The summed E-state index contributed by atoms with van der Waals surface area (Å²) in [6, 6.07) is 20.4. The number of anilines is 1. The van der Waals surface area contributed by atoms with E-state index < -0.39 is 5.56 Å². The maximum absolute atomic E-state index is 13.6. The number of halogens is 2. The zero-order chi connectivity index (χ0) is 23.4. The van der Waals surface area contributed by atoms with Crippen molar-refractivity contribution in [3.05, 3.63) is 110 Å². The molecule has 0 N–H and O–H groups in total. The normalized spacial score (nSPS) is 14.8. The molecule has 3 aromatic carbocycles. The van der Waals surface area contributed by atoms with E-state index in [1.807, 2.05) is 36.4 Å². The third-order valence-corrected chi connectivity index (χ3v) is 6.95. The molecule has 1 amide bonds. The molecule has 3 heterocycles. The molecule has 0 aliphatic carbocycles. The number of hydrogen-bond donors (Lipinski definition) is 0. The second-order valence-corrected chi connectivity index (χ2v) is 9.20. The number of hydrogen-bond acceptors (Lipinski definition) is 5. The molecule has 2 aromatic heterocycles. The summed E-state index contributed by atoms with van der Waals surface area (Å²) in [5, 5.41) is 4.93. The molecule has 166 valence electrons. The van der Waals surface area contributed by atoms with Crippen LogP contribution in [0.25, 0.3) is 21.9 Å². The molecule has 6 rings (SSSR count). The Labute approximate surface area is 201 Å². The molecule has 1 aliphatic rings. The fourth-order valence-corrected chi connectivity index (χ4v) is 5.16. The highest BCUT2D eigenvalue weighted by molar-refractivity contribution is 7.15. The Kier molecular flexibility index (Phi) is 4.79. The quantitative estimate of drug-likeness (QED) is 0.384. The predicted octanol–water partition coefficient (Wildman–Crippen LogP) is 4.08. The van der Waals surface area contributed by atoms with Crippen LogP contribution in [0.15, 0.2) is 77.6 Å². The Hall–Kier alpha value is -3.88. The largest absolute Gasteiger partial charge is 0.303 e. The number of aromatic nitrogens is 3. The third kappa shape index (κ3) is 3.30. The molecular formula is C25H14ClFN4O2S. The second kappa shape index (κ2) is 7.86. The number of rotatable bonds is 3. The summed E-state index contributed by atoms with van der Waals surface area (Å²) in [6.45, 7) is 0.347. The van der Waals surface area contributed by atoms with Crippen molar-refractivity contribution in [2.24, 2.45) is 0 Å². The van der Waals surface area contributed by atoms with Crippen LogP contribution in [0, 0.1) is 5.82 Å². The van der Waals surface area contributed by atoms with Crippen LogP contribution in [0.3, 0.4) is 0 Å². The molecule has 34 heavy (non-hydrogen) atoms. The Morgan fingerprint density at radius 1 is 0.941 bits per heavy atom. The zero-order valence-corrected chi connectivity index (χ0v) is 19.0. The van der Waals surface area contributed by atoms with Crippen LogP contribution in [0.1, 0.15) is 11.1 Å². The molecule has 1 aliphatic heterocycles. The summed E-state index contributed by atoms with van der Waals surface area (Å²) in [5.74, 6) is -0.298. The van der Waals surface area contributed by atoms with Crippen LogP contribution < -0.4 is 15.0 Å². The Bertz CT molecular complexity index is 1690. The molecule has 0 saturated carbocycles. The number of thiazole rings is 1. The summed E-state index contributed by atoms with van der Waals surface area (Å²) >= 11 is 7.11. The topological polar surface area (TPSA) is 67.6 Å². The molecule has 9 heteroatoms. The average Bonchev–Trinajstić information content (AvgIpc) is 3.47. The summed E-state index contributed by atoms with van der Waals surface area (Å²) < 4.78 is 14.7. The zero-order valence-electron chi connectivity index (χ0n) is 17.4. The van der Waals surface area contributed by atoms with E-state index in [0.717, 1.165) is 22.6 Å². The molecule has 0 atom stereocenters. The fraction of sp³-hybridized carbons (Fsp3) is 0.0400.